The van der Waals surface area contributed by atoms with Crippen molar-refractivity contribution in [2.45, 2.75) is 38.1 Å². The van der Waals surface area contributed by atoms with Crippen LogP contribution in [0.3, 0.4) is 0 Å². The number of nitrogens with zero attached hydrogens (tertiary/aromatic N) is 2. The highest BCUT2D eigenvalue weighted by atomic mass is 32.2. The zero-order valence-electron chi connectivity index (χ0n) is 10.5. The lowest BCUT2D eigenvalue weighted by molar-refractivity contribution is 0.445. The van der Waals surface area contributed by atoms with Crippen LogP contribution in [0.1, 0.15) is 42.5 Å². The summed E-state index contributed by atoms with van der Waals surface area (Å²) in [6.07, 6.45) is 6.03. The van der Waals surface area contributed by atoms with Gasteiger partial charge in [-0.2, -0.15) is 16.9 Å². The first-order chi connectivity index (χ1) is 8.36. The Kier molecular flexibility index (Phi) is 3.43. The Morgan fingerprint density at radius 2 is 2.41 bits per heavy atom. The molecule has 0 aliphatic carbocycles. The van der Waals surface area contributed by atoms with Gasteiger partial charge in [0, 0.05) is 23.9 Å². The molecule has 2 fully saturated rings. The molecule has 0 spiro atoms. The van der Waals surface area contributed by atoms with Gasteiger partial charge in [0.05, 0.1) is 12.2 Å². The summed E-state index contributed by atoms with van der Waals surface area (Å²) in [6, 6.07) is 0.636. The zero-order chi connectivity index (χ0) is 11.7. The molecule has 3 rings (SSSR count). The van der Waals surface area contributed by atoms with Gasteiger partial charge in [-0.1, -0.05) is 0 Å². The van der Waals surface area contributed by atoms with Crippen LogP contribution in [0.2, 0.25) is 0 Å². The molecule has 2 aliphatic heterocycles. The summed E-state index contributed by atoms with van der Waals surface area (Å²) in [5.41, 5.74) is 2.89. The third kappa shape index (κ3) is 2.25. The highest BCUT2D eigenvalue weighted by Gasteiger charge is 2.24. The lowest BCUT2D eigenvalue weighted by Crippen LogP contribution is -2.18. The van der Waals surface area contributed by atoms with Crippen LogP contribution in [0.15, 0.2) is 6.20 Å². The zero-order valence-corrected chi connectivity index (χ0v) is 11.3. The maximum absolute atomic E-state index is 4.66. The molecular weight excluding hydrogens is 230 g/mol. The van der Waals surface area contributed by atoms with Crippen LogP contribution in [0.4, 0.5) is 0 Å². The van der Waals surface area contributed by atoms with E-state index in [4.69, 9.17) is 0 Å². The van der Waals surface area contributed by atoms with E-state index in [0.29, 0.717) is 12.0 Å². The smallest absolute Gasteiger partial charge is 0.0613 e. The number of aromatic nitrogens is 2. The lowest BCUT2D eigenvalue weighted by Gasteiger charge is -2.23. The van der Waals surface area contributed by atoms with E-state index in [1.165, 1.54) is 42.0 Å². The maximum atomic E-state index is 4.66. The third-order valence-corrected chi connectivity index (χ3v) is 5.26. The van der Waals surface area contributed by atoms with Crippen LogP contribution in [-0.2, 0) is 0 Å². The first kappa shape index (κ1) is 11.6. The van der Waals surface area contributed by atoms with Crippen LogP contribution < -0.4 is 5.32 Å². The molecule has 2 aliphatic rings. The van der Waals surface area contributed by atoms with E-state index < -0.39 is 0 Å². The normalized spacial score (nSPS) is 29.7. The predicted molar refractivity (Wildman–Crippen MR) is 72.8 cm³/mol. The van der Waals surface area contributed by atoms with Crippen LogP contribution in [-0.4, -0.2) is 34.4 Å². The topological polar surface area (TPSA) is 29.9 Å². The summed E-state index contributed by atoms with van der Waals surface area (Å²) in [5.74, 6) is 3.26. The van der Waals surface area contributed by atoms with E-state index in [1.54, 1.807) is 0 Å². The number of hydrogen-bond acceptors (Lipinski definition) is 3. The van der Waals surface area contributed by atoms with Crippen LogP contribution in [0.5, 0.6) is 0 Å². The highest BCUT2D eigenvalue weighted by Crippen LogP contribution is 2.31. The fourth-order valence-electron chi connectivity index (χ4n) is 3.04. The summed E-state index contributed by atoms with van der Waals surface area (Å²) in [6.45, 7) is 4.54. The average Bonchev–Trinajstić information content (AvgIpc) is 2.99. The highest BCUT2D eigenvalue weighted by molar-refractivity contribution is 7.99. The number of hydrogen-bond donors (Lipinski definition) is 1. The van der Waals surface area contributed by atoms with Gasteiger partial charge in [0.1, 0.15) is 0 Å². The van der Waals surface area contributed by atoms with Crippen LogP contribution in [0.25, 0.3) is 0 Å². The van der Waals surface area contributed by atoms with E-state index in [1.807, 2.05) is 0 Å². The van der Waals surface area contributed by atoms with Crippen molar-refractivity contribution in [1.29, 1.82) is 0 Å². The van der Waals surface area contributed by atoms with Gasteiger partial charge in [-0.05, 0) is 44.0 Å². The van der Waals surface area contributed by atoms with Gasteiger partial charge in [0.2, 0.25) is 0 Å². The summed E-state index contributed by atoms with van der Waals surface area (Å²) >= 11 is 2.07. The second-order valence-corrected chi connectivity index (χ2v) is 6.34. The molecule has 0 aromatic carbocycles. The maximum Gasteiger partial charge on any atom is 0.0613 e. The molecule has 94 valence electrons. The van der Waals surface area contributed by atoms with Crippen molar-refractivity contribution in [2.75, 3.05) is 24.6 Å². The minimum atomic E-state index is 0.636. The Balaban J connectivity index is 1.80. The largest absolute Gasteiger partial charge is 0.316 e. The van der Waals surface area contributed by atoms with Crippen molar-refractivity contribution in [3.8, 4) is 0 Å². The van der Waals surface area contributed by atoms with E-state index in [9.17, 15) is 0 Å². The molecule has 3 nitrogen and oxygen atoms in total. The van der Waals surface area contributed by atoms with Crippen LogP contribution >= 0.6 is 11.8 Å². The summed E-state index contributed by atoms with van der Waals surface area (Å²) in [5, 5.41) is 8.11. The fourth-order valence-corrected chi connectivity index (χ4v) is 4.16. The molecule has 0 saturated carbocycles. The molecule has 4 heteroatoms. The molecular formula is C13H21N3S. The number of nitrogens with one attached hydrogen (secondary N) is 1. The third-order valence-electron chi connectivity index (χ3n) is 4.06. The van der Waals surface area contributed by atoms with Gasteiger partial charge in [-0.15, -0.1) is 0 Å². The second kappa shape index (κ2) is 5.02. The van der Waals surface area contributed by atoms with Gasteiger partial charge in [0.25, 0.3) is 0 Å². The molecule has 1 aromatic heterocycles. The van der Waals surface area contributed by atoms with Gasteiger partial charge < -0.3 is 5.32 Å². The Hall–Kier alpha value is -0.480. The Morgan fingerprint density at radius 3 is 3.12 bits per heavy atom. The first-order valence-electron chi connectivity index (χ1n) is 6.68. The van der Waals surface area contributed by atoms with Gasteiger partial charge in [-0.25, -0.2) is 0 Å². The van der Waals surface area contributed by atoms with Crippen molar-refractivity contribution in [3.63, 3.8) is 0 Å². The molecule has 2 unspecified atom stereocenters. The molecule has 3 heterocycles. The van der Waals surface area contributed by atoms with Crippen molar-refractivity contribution >= 4 is 11.8 Å². The van der Waals surface area contributed by atoms with Gasteiger partial charge >= 0.3 is 0 Å². The molecule has 2 saturated heterocycles. The molecule has 1 aromatic rings. The first-order valence-corrected chi connectivity index (χ1v) is 7.84. The summed E-state index contributed by atoms with van der Waals surface area (Å²) < 4.78 is 2.29. The fraction of sp³-hybridized carbons (Fsp3) is 0.769. The monoisotopic (exact) mass is 251 g/mol. The van der Waals surface area contributed by atoms with Crippen LogP contribution in [0, 0.1) is 6.92 Å². The molecule has 0 bridgehead atoms. The molecule has 0 amide bonds. The van der Waals surface area contributed by atoms with E-state index in [0.717, 1.165) is 13.1 Å². The Bertz CT molecular complexity index is 376. The van der Waals surface area contributed by atoms with Crippen molar-refractivity contribution < 1.29 is 0 Å². The summed E-state index contributed by atoms with van der Waals surface area (Å²) in [4.78, 5) is 0. The molecule has 0 radical (unpaired) electrons. The standard InChI is InChI=1S/C13H21N3S/c1-10-13(11-4-5-14-7-11)8-15-16(10)12-3-2-6-17-9-12/h8,11-12,14H,2-7,9H2,1H3. The van der Waals surface area contributed by atoms with E-state index in [-0.39, 0.29) is 0 Å². The van der Waals surface area contributed by atoms with Gasteiger partial charge in [0.15, 0.2) is 0 Å². The van der Waals surface area contributed by atoms with E-state index in [2.05, 4.69) is 40.0 Å². The van der Waals surface area contributed by atoms with E-state index >= 15 is 0 Å². The predicted octanol–water partition coefficient (Wildman–Crippen LogP) is 2.34. The van der Waals surface area contributed by atoms with Crippen molar-refractivity contribution in [1.82, 2.24) is 15.1 Å². The minimum absolute atomic E-state index is 0.636. The average molecular weight is 251 g/mol. The SMILES string of the molecule is Cc1c(C2CCNC2)cnn1C1CCCSC1. The molecule has 17 heavy (non-hydrogen) atoms. The lowest BCUT2D eigenvalue weighted by atomic mass is 9.99. The molecule has 1 N–H and O–H groups in total. The Labute approximate surface area is 107 Å². The summed E-state index contributed by atoms with van der Waals surface area (Å²) in [7, 11) is 0. The quantitative estimate of drug-likeness (QED) is 0.875. The minimum Gasteiger partial charge on any atom is -0.316 e. The Morgan fingerprint density at radius 1 is 1.47 bits per heavy atom. The molecule has 2 atom stereocenters. The van der Waals surface area contributed by atoms with Crippen molar-refractivity contribution in [2.24, 2.45) is 0 Å². The second-order valence-electron chi connectivity index (χ2n) is 5.19. The number of rotatable bonds is 2. The van der Waals surface area contributed by atoms with Gasteiger partial charge in [-0.3, -0.25) is 4.68 Å². The van der Waals surface area contributed by atoms with Crippen molar-refractivity contribution in [3.05, 3.63) is 17.5 Å². The number of thioether (sulfide) groups is 1.